The minimum Gasteiger partial charge on any atom is -0.508 e. The number of nitrogens with zero attached hydrogens (tertiary/aromatic N) is 1. The lowest BCUT2D eigenvalue weighted by Gasteiger charge is -2.32. The summed E-state index contributed by atoms with van der Waals surface area (Å²) >= 11 is 0. The summed E-state index contributed by atoms with van der Waals surface area (Å²) in [6.07, 6.45) is -2.85. The number of hydrogen-bond donors (Lipinski definition) is 21. The van der Waals surface area contributed by atoms with E-state index in [2.05, 4.69) is 68.8 Å². The summed E-state index contributed by atoms with van der Waals surface area (Å²) in [7, 11) is 0. The minimum absolute atomic E-state index is 0.0357. The van der Waals surface area contributed by atoms with Crippen molar-refractivity contribution < 1.29 is 112 Å². The third kappa shape index (κ3) is 29.7. The largest absolute Gasteiger partial charge is 0.508 e. The highest BCUT2D eigenvalue weighted by molar-refractivity contribution is 6.01. The summed E-state index contributed by atoms with van der Waals surface area (Å²) in [4.78, 5) is 234. The zero-order valence-electron chi connectivity index (χ0n) is 64.9. The Bertz CT molecular complexity index is 4100. The van der Waals surface area contributed by atoms with Gasteiger partial charge in [0.05, 0.1) is 31.5 Å². The number of rotatable bonds is 47. The average Bonchev–Trinajstić information content (AvgIpc) is 1.74. The number of amides is 13. The van der Waals surface area contributed by atoms with Gasteiger partial charge < -0.3 is 116 Å². The Kier molecular flexibility index (Phi) is 37.0. The molecule has 4 aromatic rings. The first-order chi connectivity index (χ1) is 54.3. The first kappa shape index (κ1) is 93.5. The normalized spacial score (nSPS) is 16.2. The number of nitrogens with two attached hydrogens (primary N) is 2. The molecule has 5 rings (SSSR count). The smallest absolute Gasteiger partial charge is 0.326 e. The molecule has 1 saturated heterocycles. The molecule has 115 heavy (non-hydrogen) atoms. The summed E-state index contributed by atoms with van der Waals surface area (Å²) in [6.45, 7) is 9.21. The lowest BCUT2D eigenvalue weighted by Crippen LogP contribution is -2.62. The fourth-order valence-corrected chi connectivity index (χ4v) is 12.4. The van der Waals surface area contributed by atoms with Crippen molar-refractivity contribution in [2.75, 3.05) is 19.6 Å². The van der Waals surface area contributed by atoms with Gasteiger partial charge in [-0.3, -0.25) is 76.7 Å². The van der Waals surface area contributed by atoms with Crippen LogP contribution in [0.5, 0.6) is 5.75 Å². The summed E-state index contributed by atoms with van der Waals surface area (Å²) in [5, 5.41) is 89.7. The van der Waals surface area contributed by atoms with Gasteiger partial charge in [-0.05, 0) is 113 Å². The second-order valence-electron chi connectivity index (χ2n) is 28.6. The summed E-state index contributed by atoms with van der Waals surface area (Å²) in [5.74, 6) is -20.3. The van der Waals surface area contributed by atoms with E-state index in [0.717, 1.165) is 4.90 Å². The van der Waals surface area contributed by atoms with E-state index in [1.54, 1.807) is 74.6 Å². The first-order valence-electron chi connectivity index (χ1n) is 37.6. The number of hydrogen-bond acceptors (Lipinski definition) is 21. The molecule has 1 aliphatic rings. The molecule has 39 nitrogen and oxygen atoms in total. The summed E-state index contributed by atoms with van der Waals surface area (Å²) < 4.78 is 0. The first-order valence-corrected chi connectivity index (χ1v) is 37.6. The molecule has 0 bridgehead atoms. The molecular formula is C76H106N16O23. The van der Waals surface area contributed by atoms with Gasteiger partial charge in [0, 0.05) is 49.3 Å². The number of aromatic amines is 1. The number of carbonyl (C=O) groups excluding carboxylic acids is 13. The highest BCUT2D eigenvalue weighted by Gasteiger charge is 2.42. The molecule has 1 fully saturated rings. The van der Waals surface area contributed by atoms with E-state index < -0.39 is 229 Å². The molecule has 0 saturated carbocycles. The van der Waals surface area contributed by atoms with E-state index in [0.29, 0.717) is 34.0 Å². The number of fused-ring (bicyclic) bond motifs is 1. The molecule has 628 valence electrons. The molecule has 15 atom stereocenters. The molecule has 13 amide bonds. The predicted molar refractivity (Wildman–Crippen MR) is 410 cm³/mol. The predicted octanol–water partition coefficient (Wildman–Crippen LogP) is -3.18. The number of aliphatic carboxylic acids is 4. The molecule has 0 spiro atoms. The second-order valence-corrected chi connectivity index (χ2v) is 28.6. The number of aromatic hydroxyl groups is 1. The molecule has 0 unspecified atom stereocenters. The Morgan fingerprint density at radius 2 is 1.01 bits per heavy atom. The van der Waals surface area contributed by atoms with Crippen LogP contribution in [0.4, 0.5) is 0 Å². The lowest BCUT2D eigenvalue weighted by atomic mass is 9.96. The third-order valence-corrected chi connectivity index (χ3v) is 19.1. The number of aromatic nitrogens is 1. The number of carboxylic acids is 4. The number of unbranched alkanes of at least 4 members (excludes halogenated alkanes) is 1. The SMILES string of the molecule is CC[C@H](C)[C@H](NC(=O)[C@H](Cc1ccc(O)cc1)NC(=O)[C@H](C)NC(=O)[C@H](CCC(=O)O)NC(=O)[C@H](Cc1c[nH]c2ccccc12)NC(=O)[C@H](CCCCN)NC(=O)[C@@H](N)CC(=O)O)C(=O)N[C@H](C(=O)N1CCC[C@H]1C(=O)NCC(=O)N[C@@H](C)C(=O)N[C@@H](Cc1ccccc1)C(=O)N[C@@H](CC(=O)O)C(=O)N[C@H](C(=O)O)C(C)C)[C@@H](C)O. The quantitative estimate of drug-likeness (QED) is 0.0194. The Morgan fingerprint density at radius 3 is 1.58 bits per heavy atom. The number of H-pyrrole nitrogens is 1. The minimum atomic E-state index is -1.80. The van der Waals surface area contributed by atoms with Gasteiger partial charge in [0.15, 0.2) is 0 Å². The summed E-state index contributed by atoms with van der Waals surface area (Å²) in [6, 6.07) is 0.317. The number of nitrogens with one attached hydrogen (secondary N) is 13. The van der Waals surface area contributed by atoms with Gasteiger partial charge in [-0.15, -0.1) is 0 Å². The van der Waals surface area contributed by atoms with Crippen molar-refractivity contribution in [3.63, 3.8) is 0 Å². The van der Waals surface area contributed by atoms with Crippen LogP contribution in [0, 0.1) is 11.8 Å². The van der Waals surface area contributed by atoms with Crippen molar-refractivity contribution >= 4 is 112 Å². The van der Waals surface area contributed by atoms with Crippen molar-refractivity contribution in [1.82, 2.24) is 73.7 Å². The van der Waals surface area contributed by atoms with Gasteiger partial charge in [-0.1, -0.05) is 94.8 Å². The Labute approximate surface area is 661 Å². The molecule has 23 N–H and O–H groups in total. The highest BCUT2D eigenvalue weighted by Crippen LogP contribution is 2.23. The van der Waals surface area contributed by atoms with Crippen LogP contribution < -0.4 is 75.3 Å². The number of benzene rings is 3. The van der Waals surface area contributed by atoms with Crippen LogP contribution in [0.2, 0.25) is 0 Å². The van der Waals surface area contributed by atoms with E-state index in [9.17, 15) is 112 Å². The van der Waals surface area contributed by atoms with Gasteiger partial charge >= 0.3 is 23.9 Å². The second kappa shape index (κ2) is 45.5. The fourth-order valence-electron chi connectivity index (χ4n) is 12.4. The third-order valence-electron chi connectivity index (χ3n) is 19.1. The maximum Gasteiger partial charge on any atom is 0.326 e. The zero-order chi connectivity index (χ0) is 85.5. The van der Waals surface area contributed by atoms with Gasteiger partial charge in [-0.25, -0.2) is 4.79 Å². The van der Waals surface area contributed by atoms with E-state index in [1.165, 1.54) is 58.9 Å². The van der Waals surface area contributed by atoms with Crippen LogP contribution in [-0.2, 0) is 101 Å². The van der Waals surface area contributed by atoms with Gasteiger partial charge in [0.2, 0.25) is 76.8 Å². The van der Waals surface area contributed by atoms with Gasteiger partial charge in [0.25, 0.3) is 0 Å². The number of phenolic OH excluding ortho intramolecular Hbond substituents is 1. The van der Waals surface area contributed by atoms with E-state index in [1.807, 2.05) is 0 Å². The van der Waals surface area contributed by atoms with Crippen molar-refractivity contribution in [3.8, 4) is 5.75 Å². The number of carboxylic acid groups (broad SMARTS) is 4. The van der Waals surface area contributed by atoms with Crippen LogP contribution in [0.25, 0.3) is 10.9 Å². The average molecular weight is 1610 g/mol. The monoisotopic (exact) mass is 1610 g/mol. The molecule has 1 aromatic heterocycles. The van der Waals surface area contributed by atoms with Crippen LogP contribution in [0.3, 0.4) is 0 Å². The van der Waals surface area contributed by atoms with Crippen LogP contribution in [0.1, 0.15) is 129 Å². The standard InChI is InChI=1S/C76H106N16O23/c1-8-39(4)62(74(112)91-63(42(7)93)75(113)92-30-16-22-56(92)73(111)80-37-57(95)81-40(5)64(102)85-52(31-43-17-10-9-11-18-43)69(107)88-55(35-60(100)101)72(110)89-61(38(2)3)76(114)115)90-71(109)53(32-44-23-25-46(94)26-24-44)86-65(103)41(6)82-67(105)51(27-28-58(96)97)84-70(108)54(33-45-36-79-49-20-13-12-19-47(45)49)87-68(106)50(21-14-15-29-77)83-66(104)48(78)34-59(98)99/h9-13,17-20,23-26,36,38-42,48,50-56,61-63,79,93-94H,8,14-16,21-22,27-35,37,77-78H2,1-7H3,(H,80,111)(H,81,95)(H,82,105)(H,83,104)(H,84,108)(H,85,102)(H,86,103)(H,87,106)(H,88,107)(H,89,110)(H,90,109)(H,91,112)(H,96,97)(H,98,99)(H,100,101)(H,114,115)/t39-,40-,41-,42+,48-,50-,51-,52-,53-,54-,55-,56-,61-,62-,63-/m0/s1. The van der Waals surface area contributed by atoms with Crippen molar-refractivity contribution in [2.24, 2.45) is 23.3 Å². The van der Waals surface area contributed by atoms with E-state index in [-0.39, 0.29) is 70.2 Å². The number of para-hydroxylation sites is 1. The maximum absolute atomic E-state index is 14.7. The Balaban J connectivity index is 1.29. The Hall–Kier alpha value is -12.1. The molecular weight excluding hydrogens is 1500 g/mol. The lowest BCUT2D eigenvalue weighted by molar-refractivity contribution is -0.145. The van der Waals surface area contributed by atoms with Gasteiger partial charge in [-0.2, -0.15) is 0 Å². The topological polar surface area (TPSA) is 627 Å². The molecule has 39 heteroatoms. The highest BCUT2D eigenvalue weighted by atomic mass is 16.4. The molecule has 0 aliphatic carbocycles. The summed E-state index contributed by atoms with van der Waals surface area (Å²) in [5.41, 5.74) is 13.5. The van der Waals surface area contributed by atoms with E-state index >= 15 is 0 Å². The molecule has 0 radical (unpaired) electrons. The number of aliphatic hydroxyl groups is 1. The maximum atomic E-state index is 14.7. The van der Waals surface area contributed by atoms with Crippen LogP contribution >= 0.6 is 0 Å². The molecule has 3 aromatic carbocycles. The zero-order valence-corrected chi connectivity index (χ0v) is 64.9. The molecule has 1 aliphatic heterocycles. The Morgan fingerprint density at radius 1 is 0.513 bits per heavy atom. The van der Waals surface area contributed by atoms with Gasteiger partial charge in [0.1, 0.15) is 78.3 Å². The fraction of sp³-hybridized carbons (Fsp3) is 0.513. The van der Waals surface area contributed by atoms with Crippen molar-refractivity contribution in [3.05, 3.63) is 102 Å². The van der Waals surface area contributed by atoms with Crippen molar-refractivity contribution in [1.29, 1.82) is 0 Å². The van der Waals surface area contributed by atoms with Crippen LogP contribution in [-0.4, -0.2) is 245 Å². The van der Waals surface area contributed by atoms with Crippen LogP contribution in [0.15, 0.2) is 85.1 Å². The van der Waals surface area contributed by atoms with Crippen molar-refractivity contribution in [2.45, 2.75) is 217 Å². The number of aliphatic hydroxyl groups excluding tert-OH is 1. The van der Waals surface area contributed by atoms with E-state index in [4.69, 9.17) is 11.5 Å². The number of likely N-dealkylation sites (tertiary alicyclic amines) is 1. The number of carbonyl (C=O) groups is 17. The number of phenols is 1. The molecule has 2 heterocycles.